The van der Waals surface area contributed by atoms with E-state index < -0.39 is 11.9 Å². The molecule has 0 spiro atoms. The van der Waals surface area contributed by atoms with Crippen molar-refractivity contribution in [3.05, 3.63) is 70.0 Å². The number of alkyl halides is 1. The fourth-order valence-corrected chi connectivity index (χ4v) is 2.81. The zero-order valence-electron chi connectivity index (χ0n) is 12.1. The molecule has 0 radical (unpaired) electrons. The molecule has 2 aromatic carbocycles. The van der Waals surface area contributed by atoms with Crippen LogP contribution in [0.2, 0.25) is 0 Å². The lowest BCUT2D eigenvalue weighted by Crippen LogP contribution is -2.08. The molecule has 0 heterocycles. The van der Waals surface area contributed by atoms with E-state index in [0.29, 0.717) is 28.4 Å². The Kier molecular flexibility index (Phi) is 5.50. The Morgan fingerprint density at radius 3 is 2.39 bits per heavy atom. The number of carboxylic acids is 2. The molecule has 0 atom stereocenters. The third kappa shape index (κ3) is 3.96. The lowest BCUT2D eigenvalue weighted by molar-refractivity contribution is 0.0695. The van der Waals surface area contributed by atoms with E-state index in [4.69, 9.17) is 5.11 Å². The Balaban J connectivity index is 2.46. The van der Waals surface area contributed by atoms with Gasteiger partial charge in [-0.05, 0) is 47.7 Å². The third-order valence-corrected chi connectivity index (χ3v) is 3.92. The highest BCUT2D eigenvalue weighted by Crippen LogP contribution is 2.22. The molecule has 6 heteroatoms. The summed E-state index contributed by atoms with van der Waals surface area (Å²) in [6.45, 7) is 0. The molecule has 0 unspecified atom stereocenters. The number of rotatable bonds is 6. The number of carboxylic acid groups (broad SMARTS) is 2. The molecule has 2 N–H and O–H groups in total. The van der Waals surface area contributed by atoms with Gasteiger partial charge in [-0.1, -0.05) is 34.1 Å². The van der Waals surface area contributed by atoms with Crippen LogP contribution in [0.4, 0.5) is 4.39 Å². The minimum absolute atomic E-state index is 0.0843. The lowest BCUT2D eigenvalue weighted by Gasteiger charge is -2.12. The maximum Gasteiger partial charge on any atom is 0.336 e. The Morgan fingerprint density at radius 2 is 1.78 bits per heavy atom. The van der Waals surface area contributed by atoms with Gasteiger partial charge in [-0.3, -0.25) is 0 Å². The summed E-state index contributed by atoms with van der Waals surface area (Å²) in [4.78, 5) is 22.4. The van der Waals surface area contributed by atoms with Crippen molar-refractivity contribution in [1.82, 2.24) is 0 Å². The molecule has 0 bridgehead atoms. The highest BCUT2D eigenvalue weighted by Gasteiger charge is 2.16. The SMILES string of the molecule is O=C(O)c1ccc(Cc2cccc(F)c2CCBr)c(C(=O)O)c1. The molecule has 0 aliphatic carbocycles. The second-order valence-electron chi connectivity index (χ2n) is 4.98. The van der Waals surface area contributed by atoms with Crippen LogP contribution in [-0.2, 0) is 12.8 Å². The second kappa shape index (κ2) is 7.37. The van der Waals surface area contributed by atoms with Crippen LogP contribution in [0.25, 0.3) is 0 Å². The second-order valence-corrected chi connectivity index (χ2v) is 5.77. The van der Waals surface area contributed by atoms with Gasteiger partial charge >= 0.3 is 11.9 Å². The maximum atomic E-state index is 14.0. The van der Waals surface area contributed by atoms with Crippen molar-refractivity contribution in [3.63, 3.8) is 0 Å². The van der Waals surface area contributed by atoms with E-state index in [1.165, 1.54) is 18.2 Å². The summed E-state index contributed by atoms with van der Waals surface area (Å²) in [6.07, 6.45) is 0.708. The minimum atomic E-state index is -1.21. The molecular weight excluding hydrogens is 367 g/mol. The quantitative estimate of drug-likeness (QED) is 0.748. The molecule has 120 valence electrons. The summed E-state index contributed by atoms with van der Waals surface area (Å²) in [5.41, 5.74) is 1.49. The van der Waals surface area contributed by atoms with Gasteiger partial charge in [0.1, 0.15) is 5.82 Å². The summed E-state index contributed by atoms with van der Waals surface area (Å²) in [5, 5.41) is 18.9. The van der Waals surface area contributed by atoms with Crippen molar-refractivity contribution < 1.29 is 24.2 Å². The van der Waals surface area contributed by atoms with Gasteiger partial charge in [0.15, 0.2) is 0 Å². The molecule has 23 heavy (non-hydrogen) atoms. The Hall–Kier alpha value is -2.21. The van der Waals surface area contributed by atoms with Crippen molar-refractivity contribution in [2.45, 2.75) is 12.8 Å². The van der Waals surface area contributed by atoms with Gasteiger partial charge in [0.2, 0.25) is 0 Å². The average molecular weight is 381 g/mol. The van der Waals surface area contributed by atoms with Gasteiger partial charge < -0.3 is 10.2 Å². The van der Waals surface area contributed by atoms with E-state index in [0.717, 1.165) is 6.07 Å². The lowest BCUT2D eigenvalue weighted by atomic mass is 9.94. The van der Waals surface area contributed by atoms with Gasteiger partial charge in [-0.2, -0.15) is 0 Å². The molecule has 0 fully saturated rings. The first-order valence-electron chi connectivity index (χ1n) is 6.85. The van der Waals surface area contributed by atoms with Crippen LogP contribution in [-0.4, -0.2) is 27.5 Å². The summed E-state index contributed by atoms with van der Waals surface area (Å²) in [7, 11) is 0. The highest BCUT2D eigenvalue weighted by atomic mass is 79.9. The third-order valence-electron chi connectivity index (χ3n) is 3.53. The van der Waals surface area contributed by atoms with Gasteiger partial charge in [0, 0.05) is 5.33 Å². The fourth-order valence-electron chi connectivity index (χ4n) is 2.41. The molecule has 0 aliphatic rings. The first kappa shape index (κ1) is 17.1. The van der Waals surface area contributed by atoms with Crippen molar-refractivity contribution >= 4 is 27.9 Å². The van der Waals surface area contributed by atoms with Crippen LogP contribution in [0.15, 0.2) is 36.4 Å². The Bertz CT molecular complexity index is 758. The van der Waals surface area contributed by atoms with Gasteiger partial charge in [-0.25, -0.2) is 14.0 Å². The van der Waals surface area contributed by atoms with Crippen LogP contribution < -0.4 is 0 Å². The maximum absolute atomic E-state index is 14.0. The minimum Gasteiger partial charge on any atom is -0.478 e. The first-order valence-corrected chi connectivity index (χ1v) is 7.98. The zero-order chi connectivity index (χ0) is 17.0. The van der Waals surface area contributed by atoms with Gasteiger partial charge in [-0.15, -0.1) is 0 Å². The van der Waals surface area contributed by atoms with E-state index in [9.17, 15) is 19.1 Å². The molecule has 4 nitrogen and oxygen atoms in total. The number of benzene rings is 2. The normalized spacial score (nSPS) is 10.5. The van der Waals surface area contributed by atoms with E-state index in [1.54, 1.807) is 12.1 Å². The van der Waals surface area contributed by atoms with E-state index >= 15 is 0 Å². The number of hydrogen-bond acceptors (Lipinski definition) is 2. The molecule has 0 saturated heterocycles. The zero-order valence-corrected chi connectivity index (χ0v) is 13.6. The van der Waals surface area contributed by atoms with Crippen LogP contribution in [0.3, 0.4) is 0 Å². The smallest absolute Gasteiger partial charge is 0.336 e. The van der Waals surface area contributed by atoms with Gasteiger partial charge in [0.25, 0.3) is 0 Å². The Morgan fingerprint density at radius 1 is 1.04 bits per heavy atom. The van der Waals surface area contributed by atoms with E-state index in [-0.39, 0.29) is 23.4 Å². The molecule has 2 aromatic rings. The molecule has 2 rings (SSSR count). The van der Waals surface area contributed by atoms with Crippen LogP contribution >= 0.6 is 15.9 Å². The summed E-state index contributed by atoms with van der Waals surface area (Å²) in [5.74, 6) is -2.73. The summed E-state index contributed by atoms with van der Waals surface area (Å²) in [6, 6.07) is 8.64. The monoisotopic (exact) mass is 380 g/mol. The average Bonchev–Trinajstić information content (AvgIpc) is 2.50. The van der Waals surface area contributed by atoms with Gasteiger partial charge in [0.05, 0.1) is 11.1 Å². The molecule has 0 saturated carbocycles. The summed E-state index contributed by atoms with van der Waals surface area (Å²) >= 11 is 3.28. The number of carbonyl (C=O) groups is 2. The predicted molar refractivity (Wildman–Crippen MR) is 87.1 cm³/mol. The van der Waals surface area contributed by atoms with E-state index in [1.807, 2.05) is 0 Å². The molecule has 0 aromatic heterocycles. The Labute approximate surface area is 140 Å². The van der Waals surface area contributed by atoms with Crippen LogP contribution in [0.1, 0.15) is 37.4 Å². The summed E-state index contributed by atoms with van der Waals surface area (Å²) < 4.78 is 14.0. The van der Waals surface area contributed by atoms with Crippen molar-refractivity contribution in [2.24, 2.45) is 0 Å². The highest BCUT2D eigenvalue weighted by molar-refractivity contribution is 9.09. The van der Waals surface area contributed by atoms with Crippen molar-refractivity contribution in [3.8, 4) is 0 Å². The topological polar surface area (TPSA) is 74.6 Å². The molecule has 0 aliphatic heterocycles. The standard InChI is InChI=1S/C17H14BrFO4/c18-7-6-13-10(2-1-3-15(13)19)8-11-4-5-12(16(20)21)9-14(11)17(22)23/h1-5,9H,6-8H2,(H,20,21)(H,22,23). The number of aromatic carboxylic acids is 2. The van der Waals surface area contributed by atoms with Crippen molar-refractivity contribution in [2.75, 3.05) is 5.33 Å². The first-order chi connectivity index (χ1) is 10.9. The van der Waals surface area contributed by atoms with E-state index in [2.05, 4.69) is 15.9 Å². The van der Waals surface area contributed by atoms with Crippen molar-refractivity contribution in [1.29, 1.82) is 0 Å². The van der Waals surface area contributed by atoms with Crippen LogP contribution in [0.5, 0.6) is 0 Å². The number of hydrogen-bond donors (Lipinski definition) is 2. The molecular formula is C17H14BrFO4. The predicted octanol–water partition coefficient (Wildman–Crippen LogP) is 3.75. The number of halogens is 2. The van der Waals surface area contributed by atoms with Crippen LogP contribution in [0, 0.1) is 5.82 Å². The molecule has 0 amide bonds. The fraction of sp³-hybridized carbons (Fsp3) is 0.176. The largest absolute Gasteiger partial charge is 0.478 e.